The molecule has 0 aliphatic rings. The molecule has 0 radical (unpaired) electrons. The van der Waals surface area contributed by atoms with E-state index in [2.05, 4.69) is 20.8 Å². The Morgan fingerprint density at radius 2 is 1.26 bits per heavy atom. The molecule has 3 heteroatoms. The summed E-state index contributed by atoms with van der Waals surface area (Å²) in [4.78, 5) is 0. The smallest absolute Gasteiger partial charge is 0.0701 e. The summed E-state index contributed by atoms with van der Waals surface area (Å²) in [5.41, 5.74) is 0. The van der Waals surface area contributed by atoms with Gasteiger partial charge in [-0.15, -0.1) is 0 Å². The molecule has 0 aromatic rings. The fraction of sp³-hybridized carbons (Fsp3) is 1.00. The van der Waals surface area contributed by atoms with Crippen LogP contribution in [0.3, 0.4) is 0 Å². The number of unbranched alkanes of at least 4 members (excludes halogenated alkanes) is 4. The van der Waals surface area contributed by atoms with E-state index in [1.54, 1.807) is 0 Å². The average Bonchev–Trinajstić information content (AvgIpc) is 2.43. The molecule has 0 bridgehead atoms. The van der Waals surface area contributed by atoms with Crippen LogP contribution in [-0.4, -0.2) is 39.6 Å². The molecule has 0 spiro atoms. The first-order valence-corrected chi connectivity index (χ1v) is 8.04. The van der Waals surface area contributed by atoms with Crippen molar-refractivity contribution in [2.45, 2.75) is 59.3 Å². The third-order valence-electron chi connectivity index (χ3n) is 3.24. The minimum atomic E-state index is 0.649. The summed E-state index contributed by atoms with van der Waals surface area (Å²) in [6.07, 6.45) is 7.63. The van der Waals surface area contributed by atoms with Crippen molar-refractivity contribution in [1.82, 2.24) is 0 Å². The van der Waals surface area contributed by atoms with Crippen molar-refractivity contribution in [3.8, 4) is 0 Å². The van der Waals surface area contributed by atoms with Crippen LogP contribution < -0.4 is 0 Å². The standard InChI is InChI=1S/C16H34O3/c1-4-6-7-8-9-10-17-11-12-18-13-14-19-15-16(3)5-2/h16H,4-15H2,1-3H3. The van der Waals surface area contributed by atoms with Crippen molar-refractivity contribution in [3.63, 3.8) is 0 Å². The van der Waals surface area contributed by atoms with Gasteiger partial charge in [0.25, 0.3) is 0 Å². The second-order valence-electron chi connectivity index (χ2n) is 5.23. The van der Waals surface area contributed by atoms with Gasteiger partial charge in [-0.05, 0) is 12.3 Å². The zero-order chi connectivity index (χ0) is 14.2. The van der Waals surface area contributed by atoms with Crippen LogP contribution in [0, 0.1) is 5.92 Å². The molecule has 1 atom stereocenters. The first kappa shape index (κ1) is 18.9. The summed E-state index contributed by atoms with van der Waals surface area (Å²) < 4.78 is 16.5. The molecular formula is C16H34O3. The van der Waals surface area contributed by atoms with E-state index in [9.17, 15) is 0 Å². The van der Waals surface area contributed by atoms with Crippen LogP contribution in [0.5, 0.6) is 0 Å². The SMILES string of the molecule is CCCCCCCOCCOCCOCC(C)CC. The maximum atomic E-state index is 5.51. The van der Waals surface area contributed by atoms with Crippen LogP contribution in [0.25, 0.3) is 0 Å². The van der Waals surface area contributed by atoms with Crippen molar-refractivity contribution >= 4 is 0 Å². The first-order chi connectivity index (χ1) is 9.31. The zero-order valence-corrected chi connectivity index (χ0v) is 13.3. The van der Waals surface area contributed by atoms with Gasteiger partial charge in [0.05, 0.1) is 26.4 Å². The van der Waals surface area contributed by atoms with Crippen LogP contribution in [-0.2, 0) is 14.2 Å². The quantitative estimate of drug-likeness (QED) is 0.422. The van der Waals surface area contributed by atoms with Gasteiger partial charge in [0.15, 0.2) is 0 Å². The van der Waals surface area contributed by atoms with E-state index >= 15 is 0 Å². The van der Waals surface area contributed by atoms with Crippen LogP contribution in [0.4, 0.5) is 0 Å². The Morgan fingerprint density at radius 1 is 0.684 bits per heavy atom. The Labute approximate surface area is 120 Å². The molecule has 0 heterocycles. The summed E-state index contributed by atoms with van der Waals surface area (Å²) in [5.74, 6) is 0.649. The van der Waals surface area contributed by atoms with Gasteiger partial charge in [0.1, 0.15) is 0 Å². The largest absolute Gasteiger partial charge is 0.379 e. The average molecular weight is 274 g/mol. The minimum absolute atomic E-state index is 0.649. The first-order valence-electron chi connectivity index (χ1n) is 8.04. The summed E-state index contributed by atoms with van der Waals surface area (Å²) >= 11 is 0. The van der Waals surface area contributed by atoms with Crippen molar-refractivity contribution in [2.75, 3.05) is 39.6 Å². The zero-order valence-electron chi connectivity index (χ0n) is 13.3. The fourth-order valence-electron chi connectivity index (χ4n) is 1.65. The topological polar surface area (TPSA) is 27.7 Å². The highest BCUT2D eigenvalue weighted by Gasteiger charge is 1.98. The molecule has 3 nitrogen and oxygen atoms in total. The lowest BCUT2D eigenvalue weighted by molar-refractivity contribution is 0.00771. The third kappa shape index (κ3) is 15.8. The summed E-state index contributed by atoms with van der Waals surface area (Å²) in [6.45, 7) is 11.1. The molecule has 0 aromatic heterocycles. The monoisotopic (exact) mass is 274 g/mol. The number of hydrogen-bond acceptors (Lipinski definition) is 3. The van der Waals surface area contributed by atoms with Gasteiger partial charge >= 0.3 is 0 Å². The molecule has 0 aromatic carbocycles. The molecule has 0 fully saturated rings. The fourth-order valence-corrected chi connectivity index (χ4v) is 1.65. The van der Waals surface area contributed by atoms with Gasteiger partial charge in [-0.25, -0.2) is 0 Å². The number of rotatable bonds is 15. The summed E-state index contributed by atoms with van der Waals surface area (Å²) in [6, 6.07) is 0. The van der Waals surface area contributed by atoms with Crippen LogP contribution in [0.15, 0.2) is 0 Å². The molecule has 1 unspecified atom stereocenters. The highest BCUT2D eigenvalue weighted by Crippen LogP contribution is 2.02. The molecular weight excluding hydrogens is 240 g/mol. The lowest BCUT2D eigenvalue weighted by atomic mass is 10.1. The van der Waals surface area contributed by atoms with Crippen molar-refractivity contribution in [2.24, 2.45) is 5.92 Å². The van der Waals surface area contributed by atoms with E-state index in [-0.39, 0.29) is 0 Å². The predicted octanol–water partition coefficient (Wildman–Crippen LogP) is 4.05. The van der Waals surface area contributed by atoms with E-state index < -0.39 is 0 Å². The predicted molar refractivity (Wildman–Crippen MR) is 80.7 cm³/mol. The second kappa shape index (κ2) is 15.9. The molecule has 0 rings (SSSR count). The summed E-state index contributed by atoms with van der Waals surface area (Å²) in [7, 11) is 0. The second-order valence-corrected chi connectivity index (χ2v) is 5.23. The Balaban J connectivity index is 2.95. The normalized spacial score (nSPS) is 12.8. The van der Waals surface area contributed by atoms with Gasteiger partial charge in [-0.1, -0.05) is 52.9 Å². The van der Waals surface area contributed by atoms with Gasteiger partial charge in [0.2, 0.25) is 0 Å². The number of hydrogen-bond donors (Lipinski definition) is 0. The molecule has 0 amide bonds. The summed E-state index contributed by atoms with van der Waals surface area (Å²) in [5, 5.41) is 0. The molecule has 0 N–H and O–H groups in total. The van der Waals surface area contributed by atoms with E-state index in [0.717, 1.165) is 13.2 Å². The van der Waals surface area contributed by atoms with Crippen LogP contribution in [0.2, 0.25) is 0 Å². The Morgan fingerprint density at radius 3 is 1.89 bits per heavy atom. The molecule has 0 saturated heterocycles. The maximum Gasteiger partial charge on any atom is 0.0701 e. The molecule has 0 aliphatic carbocycles. The van der Waals surface area contributed by atoms with Crippen LogP contribution in [0.1, 0.15) is 59.3 Å². The molecule has 0 saturated carbocycles. The molecule has 0 aliphatic heterocycles. The Hall–Kier alpha value is -0.120. The molecule has 19 heavy (non-hydrogen) atoms. The maximum absolute atomic E-state index is 5.51. The van der Waals surface area contributed by atoms with Gasteiger partial charge in [0, 0.05) is 13.2 Å². The van der Waals surface area contributed by atoms with E-state index in [1.807, 2.05) is 0 Å². The highest BCUT2D eigenvalue weighted by molar-refractivity contribution is 4.46. The third-order valence-corrected chi connectivity index (χ3v) is 3.24. The highest BCUT2D eigenvalue weighted by atomic mass is 16.5. The molecule has 116 valence electrons. The van der Waals surface area contributed by atoms with Gasteiger partial charge in [-0.3, -0.25) is 0 Å². The minimum Gasteiger partial charge on any atom is -0.379 e. The van der Waals surface area contributed by atoms with E-state index in [4.69, 9.17) is 14.2 Å². The lowest BCUT2D eigenvalue weighted by Crippen LogP contribution is -2.12. The Kier molecular flexibility index (Phi) is 15.8. The van der Waals surface area contributed by atoms with Crippen molar-refractivity contribution in [3.05, 3.63) is 0 Å². The van der Waals surface area contributed by atoms with E-state index in [0.29, 0.717) is 32.3 Å². The van der Waals surface area contributed by atoms with Gasteiger partial charge in [-0.2, -0.15) is 0 Å². The van der Waals surface area contributed by atoms with Crippen LogP contribution >= 0.6 is 0 Å². The van der Waals surface area contributed by atoms with E-state index in [1.165, 1.54) is 38.5 Å². The lowest BCUT2D eigenvalue weighted by Gasteiger charge is -2.09. The number of ether oxygens (including phenoxy) is 3. The van der Waals surface area contributed by atoms with Crippen molar-refractivity contribution in [1.29, 1.82) is 0 Å². The van der Waals surface area contributed by atoms with Crippen molar-refractivity contribution < 1.29 is 14.2 Å². The Bertz CT molecular complexity index is 162. The van der Waals surface area contributed by atoms with Gasteiger partial charge < -0.3 is 14.2 Å².